The fraction of sp³-hybridized carbons (Fsp3) is 0.562. The Hall–Kier alpha value is -2.11. The van der Waals surface area contributed by atoms with Crippen LogP contribution in [0.25, 0.3) is 0 Å². The monoisotopic (exact) mass is 304 g/mol. The van der Waals surface area contributed by atoms with Gasteiger partial charge in [0.1, 0.15) is 5.56 Å². The first kappa shape index (κ1) is 14.8. The molecule has 1 aromatic heterocycles. The van der Waals surface area contributed by atoms with Gasteiger partial charge in [-0.15, -0.1) is 0 Å². The fourth-order valence-electron chi connectivity index (χ4n) is 3.31. The summed E-state index contributed by atoms with van der Waals surface area (Å²) in [7, 11) is 0. The van der Waals surface area contributed by atoms with Crippen LogP contribution in [0, 0.1) is 5.41 Å². The van der Waals surface area contributed by atoms with E-state index in [0.717, 1.165) is 36.9 Å². The summed E-state index contributed by atoms with van der Waals surface area (Å²) in [6.07, 6.45) is 4.25. The van der Waals surface area contributed by atoms with E-state index in [-0.39, 0.29) is 23.6 Å². The number of aliphatic carboxylic acids is 1. The molecule has 0 saturated carbocycles. The number of H-pyrrole nitrogens is 1. The van der Waals surface area contributed by atoms with Crippen LogP contribution < -0.4 is 5.56 Å². The summed E-state index contributed by atoms with van der Waals surface area (Å²) in [6.45, 7) is 2.16. The molecule has 1 atom stereocenters. The number of pyridine rings is 1. The van der Waals surface area contributed by atoms with Gasteiger partial charge in [-0.05, 0) is 50.7 Å². The van der Waals surface area contributed by atoms with Crippen molar-refractivity contribution < 1.29 is 14.7 Å². The molecule has 22 heavy (non-hydrogen) atoms. The highest BCUT2D eigenvalue weighted by Gasteiger charge is 2.42. The summed E-state index contributed by atoms with van der Waals surface area (Å²) in [5, 5.41) is 9.25. The van der Waals surface area contributed by atoms with Crippen LogP contribution in [0.3, 0.4) is 0 Å². The first-order valence-corrected chi connectivity index (χ1v) is 7.68. The van der Waals surface area contributed by atoms with Crippen LogP contribution in [0.2, 0.25) is 0 Å². The van der Waals surface area contributed by atoms with Gasteiger partial charge in [0.05, 0.1) is 5.41 Å². The first-order chi connectivity index (χ1) is 10.4. The van der Waals surface area contributed by atoms with Crippen LogP contribution in [0.5, 0.6) is 0 Å². The quantitative estimate of drug-likeness (QED) is 0.858. The number of carboxylic acids is 1. The normalized spacial score (nSPS) is 24.1. The van der Waals surface area contributed by atoms with E-state index in [0.29, 0.717) is 13.0 Å². The lowest BCUT2D eigenvalue weighted by molar-refractivity contribution is -0.147. The Balaban J connectivity index is 1.87. The van der Waals surface area contributed by atoms with Crippen molar-refractivity contribution >= 4 is 11.9 Å². The number of fused-ring (bicyclic) bond motifs is 1. The lowest BCUT2D eigenvalue weighted by Gasteiger charge is -2.21. The molecule has 1 amide bonds. The molecule has 2 aliphatic rings. The van der Waals surface area contributed by atoms with Crippen LogP contribution in [0.1, 0.15) is 47.8 Å². The van der Waals surface area contributed by atoms with Gasteiger partial charge in [0.15, 0.2) is 0 Å². The minimum Gasteiger partial charge on any atom is -0.481 e. The number of rotatable bonds is 2. The highest BCUT2D eigenvalue weighted by molar-refractivity contribution is 5.95. The molecule has 0 bridgehead atoms. The molecule has 1 fully saturated rings. The van der Waals surface area contributed by atoms with Gasteiger partial charge in [-0.2, -0.15) is 0 Å². The number of hydrogen-bond donors (Lipinski definition) is 2. The summed E-state index contributed by atoms with van der Waals surface area (Å²) in [5.41, 5.74) is 0.820. The lowest BCUT2D eigenvalue weighted by Crippen LogP contribution is -2.37. The van der Waals surface area contributed by atoms with Gasteiger partial charge in [-0.25, -0.2) is 0 Å². The summed E-state index contributed by atoms with van der Waals surface area (Å²) < 4.78 is 0. The standard InChI is InChI=1S/C16H20N2O4/c1-16(15(21)22)6-7-18(9-16)14(20)11-8-10-4-2-3-5-12(10)17-13(11)19/h8H,2-7,9H2,1H3,(H,17,19)(H,21,22). The highest BCUT2D eigenvalue weighted by Crippen LogP contribution is 2.31. The van der Waals surface area contributed by atoms with Crippen LogP contribution in [0.4, 0.5) is 0 Å². The zero-order valence-electron chi connectivity index (χ0n) is 12.6. The molecule has 6 nitrogen and oxygen atoms in total. The number of carboxylic acid groups (broad SMARTS) is 1. The minimum atomic E-state index is -0.920. The number of hydrogen-bond acceptors (Lipinski definition) is 3. The van der Waals surface area contributed by atoms with E-state index in [1.165, 1.54) is 4.90 Å². The average Bonchev–Trinajstić information content (AvgIpc) is 2.90. The van der Waals surface area contributed by atoms with Crippen LogP contribution in [-0.2, 0) is 17.6 Å². The van der Waals surface area contributed by atoms with Crippen molar-refractivity contribution in [1.82, 2.24) is 9.88 Å². The van der Waals surface area contributed by atoms with Gasteiger partial charge in [0.25, 0.3) is 11.5 Å². The van der Waals surface area contributed by atoms with Crippen molar-refractivity contribution in [2.75, 3.05) is 13.1 Å². The maximum absolute atomic E-state index is 12.6. The second kappa shape index (κ2) is 5.26. The van der Waals surface area contributed by atoms with E-state index in [9.17, 15) is 19.5 Å². The van der Waals surface area contributed by atoms with E-state index in [4.69, 9.17) is 0 Å². The molecule has 2 N–H and O–H groups in total. The van der Waals surface area contributed by atoms with Crippen molar-refractivity contribution in [1.29, 1.82) is 0 Å². The van der Waals surface area contributed by atoms with Crippen molar-refractivity contribution in [3.05, 3.63) is 33.2 Å². The third-order valence-corrected chi connectivity index (χ3v) is 4.85. The van der Waals surface area contributed by atoms with Crippen molar-refractivity contribution in [2.24, 2.45) is 5.41 Å². The summed E-state index contributed by atoms with van der Waals surface area (Å²) in [5.74, 6) is -1.26. The van der Waals surface area contributed by atoms with Gasteiger partial charge >= 0.3 is 5.97 Å². The Morgan fingerprint density at radius 2 is 2.05 bits per heavy atom. The third-order valence-electron chi connectivity index (χ3n) is 4.85. The van der Waals surface area contributed by atoms with Crippen molar-refractivity contribution in [2.45, 2.75) is 39.0 Å². The number of aromatic amines is 1. The average molecular weight is 304 g/mol. The maximum atomic E-state index is 12.6. The number of likely N-dealkylation sites (tertiary alicyclic amines) is 1. The summed E-state index contributed by atoms with van der Waals surface area (Å²) in [6, 6.07) is 1.70. The summed E-state index contributed by atoms with van der Waals surface area (Å²) in [4.78, 5) is 40.3. The molecule has 1 aromatic rings. The Morgan fingerprint density at radius 3 is 2.73 bits per heavy atom. The number of amides is 1. The predicted molar refractivity (Wildman–Crippen MR) is 80.0 cm³/mol. The molecular weight excluding hydrogens is 284 g/mol. The molecule has 2 heterocycles. The van der Waals surface area contributed by atoms with Crippen LogP contribution in [-0.4, -0.2) is 40.0 Å². The minimum absolute atomic E-state index is 0.135. The molecular formula is C16H20N2O4. The van der Waals surface area contributed by atoms with Crippen LogP contribution in [0.15, 0.2) is 10.9 Å². The van der Waals surface area contributed by atoms with Crippen molar-refractivity contribution in [3.63, 3.8) is 0 Å². The van der Waals surface area contributed by atoms with Gasteiger partial charge < -0.3 is 15.0 Å². The van der Waals surface area contributed by atoms with E-state index in [1.54, 1.807) is 13.0 Å². The van der Waals surface area contributed by atoms with E-state index in [1.807, 2.05) is 0 Å². The number of aromatic nitrogens is 1. The molecule has 1 aliphatic carbocycles. The summed E-state index contributed by atoms with van der Waals surface area (Å²) >= 11 is 0. The Bertz CT molecular complexity index is 694. The molecule has 118 valence electrons. The fourth-order valence-corrected chi connectivity index (χ4v) is 3.31. The van der Waals surface area contributed by atoms with Gasteiger partial charge in [0, 0.05) is 18.8 Å². The molecule has 0 aromatic carbocycles. The molecule has 1 saturated heterocycles. The molecule has 0 spiro atoms. The van der Waals surface area contributed by atoms with E-state index >= 15 is 0 Å². The maximum Gasteiger partial charge on any atom is 0.311 e. The number of nitrogens with one attached hydrogen (secondary N) is 1. The van der Waals surface area contributed by atoms with Gasteiger partial charge in [-0.1, -0.05) is 0 Å². The van der Waals surface area contributed by atoms with Gasteiger partial charge in [0.2, 0.25) is 0 Å². The Kier molecular flexibility index (Phi) is 3.54. The number of nitrogens with zero attached hydrogens (tertiary/aromatic N) is 1. The predicted octanol–water partition coefficient (Wildman–Crippen LogP) is 1.19. The number of carbonyl (C=O) groups excluding carboxylic acids is 1. The Morgan fingerprint density at radius 1 is 1.32 bits per heavy atom. The number of aryl methyl sites for hydroxylation is 2. The van der Waals surface area contributed by atoms with Crippen molar-refractivity contribution in [3.8, 4) is 0 Å². The third kappa shape index (κ3) is 2.42. The zero-order valence-corrected chi connectivity index (χ0v) is 12.6. The highest BCUT2D eigenvalue weighted by atomic mass is 16.4. The lowest BCUT2D eigenvalue weighted by atomic mass is 9.90. The smallest absolute Gasteiger partial charge is 0.311 e. The Labute approximate surface area is 128 Å². The molecule has 6 heteroatoms. The van der Waals surface area contributed by atoms with E-state index in [2.05, 4.69) is 4.98 Å². The molecule has 0 radical (unpaired) electrons. The molecule has 1 aliphatic heterocycles. The van der Waals surface area contributed by atoms with E-state index < -0.39 is 11.4 Å². The second-order valence-corrected chi connectivity index (χ2v) is 6.57. The number of carbonyl (C=O) groups is 2. The zero-order chi connectivity index (χ0) is 15.9. The van der Waals surface area contributed by atoms with Gasteiger partial charge in [-0.3, -0.25) is 14.4 Å². The van der Waals surface area contributed by atoms with Crippen LogP contribution >= 0.6 is 0 Å². The molecule has 1 unspecified atom stereocenters. The SMILES string of the molecule is CC1(C(=O)O)CCN(C(=O)c2cc3c([nH]c2=O)CCCC3)C1. The molecule has 3 rings (SSSR count). The second-order valence-electron chi connectivity index (χ2n) is 6.57. The topological polar surface area (TPSA) is 90.5 Å². The first-order valence-electron chi connectivity index (χ1n) is 7.68. The largest absolute Gasteiger partial charge is 0.481 e.